The number of amides is 1. The molecule has 1 heterocycles. The molecule has 0 radical (unpaired) electrons. The number of phenols is 1. The molecule has 3 aliphatic rings. The Morgan fingerprint density at radius 2 is 2.00 bits per heavy atom. The van der Waals surface area contributed by atoms with Gasteiger partial charge in [-0.3, -0.25) is 4.79 Å². The molecule has 3 fully saturated rings. The van der Waals surface area contributed by atoms with Crippen molar-refractivity contribution in [2.24, 2.45) is 22.7 Å². The molecule has 1 aliphatic heterocycles. The highest BCUT2D eigenvalue weighted by Gasteiger charge is 2.68. The van der Waals surface area contributed by atoms with Crippen LogP contribution in [0.5, 0.6) is 5.75 Å². The molecule has 0 aromatic heterocycles. The van der Waals surface area contributed by atoms with Gasteiger partial charge in [-0.2, -0.15) is 0 Å². The van der Waals surface area contributed by atoms with Crippen molar-refractivity contribution in [2.75, 3.05) is 6.61 Å². The van der Waals surface area contributed by atoms with Crippen LogP contribution in [0.25, 0.3) is 0 Å². The third kappa shape index (κ3) is 2.12. The van der Waals surface area contributed by atoms with E-state index in [2.05, 4.69) is 19.2 Å². The van der Waals surface area contributed by atoms with E-state index >= 15 is 0 Å². The summed E-state index contributed by atoms with van der Waals surface area (Å²) in [5, 5.41) is 12.9. The van der Waals surface area contributed by atoms with Crippen LogP contribution in [-0.2, 0) is 9.53 Å². The van der Waals surface area contributed by atoms with Gasteiger partial charge in [-0.15, -0.1) is 0 Å². The molecule has 1 aromatic carbocycles. The van der Waals surface area contributed by atoms with Gasteiger partial charge in [0.2, 0.25) is 5.91 Å². The highest BCUT2D eigenvalue weighted by Crippen LogP contribution is 2.70. The van der Waals surface area contributed by atoms with Crippen molar-refractivity contribution in [3.63, 3.8) is 0 Å². The predicted molar refractivity (Wildman–Crippen MR) is 91.4 cm³/mol. The lowest BCUT2D eigenvalue weighted by molar-refractivity contribution is -0.136. The quantitative estimate of drug-likeness (QED) is 0.874. The van der Waals surface area contributed by atoms with Gasteiger partial charge in [-0.1, -0.05) is 26.0 Å². The average Bonchev–Trinajstić information content (AvgIpc) is 3.01. The Balaban J connectivity index is 1.71. The number of nitrogens with one attached hydrogen (secondary N) is 1. The van der Waals surface area contributed by atoms with E-state index in [0.717, 1.165) is 25.0 Å². The maximum absolute atomic E-state index is 11.9. The number of rotatable bonds is 2. The van der Waals surface area contributed by atoms with E-state index in [-0.39, 0.29) is 34.6 Å². The van der Waals surface area contributed by atoms with Crippen molar-refractivity contribution < 1.29 is 14.6 Å². The van der Waals surface area contributed by atoms with Crippen LogP contribution in [0.15, 0.2) is 24.3 Å². The Morgan fingerprint density at radius 3 is 2.67 bits per heavy atom. The summed E-state index contributed by atoms with van der Waals surface area (Å²) in [5.41, 5.74) is 1.42. The molecular formula is C20H27NO3. The zero-order valence-corrected chi connectivity index (χ0v) is 14.7. The van der Waals surface area contributed by atoms with Gasteiger partial charge in [0.25, 0.3) is 0 Å². The number of phenolic OH excluding ortho intramolecular Hbond substituents is 1. The van der Waals surface area contributed by atoms with Crippen LogP contribution in [0.3, 0.4) is 0 Å². The number of carbonyl (C=O) groups excluding carboxylic acids is 1. The molecule has 2 bridgehead atoms. The van der Waals surface area contributed by atoms with Crippen LogP contribution in [0.4, 0.5) is 0 Å². The van der Waals surface area contributed by atoms with Crippen molar-refractivity contribution >= 4 is 5.91 Å². The number of ether oxygens (including phenoxy) is 1. The minimum Gasteiger partial charge on any atom is -0.508 e. The second kappa shape index (κ2) is 5.22. The SMILES string of the molecule is CC(=O)N[C@H]1C(C)(C)[C@@H]2C[C@@H]3[C@@H](c4ccc(O)cc4)OCCC31C2. The van der Waals surface area contributed by atoms with Gasteiger partial charge in [-0.05, 0) is 59.6 Å². The van der Waals surface area contributed by atoms with Gasteiger partial charge >= 0.3 is 0 Å². The molecule has 130 valence electrons. The number of aromatic hydroxyl groups is 1. The molecule has 1 amide bonds. The third-order valence-electron chi connectivity index (χ3n) is 7.07. The summed E-state index contributed by atoms with van der Waals surface area (Å²) in [4.78, 5) is 11.9. The standard InChI is InChI=1S/C20H27NO3/c1-12(22)21-18-19(2,3)14-10-16-17(13-4-6-15(23)7-5-13)24-9-8-20(16,18)11-14/h4-7,14,16-18,23H,8-11H2,1-3H3,(H,21,22)/t14-,16-,17-,18+,20?/m1/s1. The van der Waals surface area contributed by atoms with Crippen LogP contribution >= 0.6 is 0 Å². The molecule has 4 nitrogen and oxygen atoms in total. The molecule has 5 atom stereocenters. The Kier molecular flexibility index (Phi) is 3.47. The Morgan fingerprint density at radius 1 is 1.29 bits per heavy atom. The molecule has 1 saturated heterocycles. The maximum atomic E-state index is 11.9. The Labute approximate surface area is 143 Å². The van der Waals surface area contributed by atoms with Crippen molar-refractivity contribution in [1.29, 1.82) is 0 Å². The number of hydrogen-bond donors (Lipinski definition) is 2. The van der Waals surface area contributed by atoms with E-state index in [9.17, 15) is 9.90 Å². The first-order chi connectivity index (χ1) is 11.3. The van der Waals surface area contributed by atoms with E-state index in [1.807, 2.05) is 12.1 Å². The van der Waals surface area contributed by atoms with Gasteiger partial charge < -0.3 is 15.2 Å². The minimum absolute atomic E-state index is 0.0664. The first kappa shape index (κ1) is 15.9. The lowest BCUT2D eigenvalue weighted by Crippen LogP contribution is -2.58. The molecule has 24 heavy (non-hydrogen) atoms. The van der Waals surface area contributed by atoms with Gasteiger partial charge in [0.15, 0.2) is 0 Å². The summed E-state index contributed by atoms with van der Waals surface area (Å²) in [6.45, 7) is 6.99. The lowest BCUT2D eigenvalue weighted by atomic mass is 9.59. The number of benzene rings is 1. The van der Waals surface area contributed by atoms with Crippen molar-refractivity contribution in [1.82, 2.24) is 5.32 Å². The largest absolute Gasteiger partial charge is 0.508 e. The topological polar surface area (TPSA) is 58.6 Å². The molecule has 1 unspecified atom stereocenters. The van der Waals surface area contributed by atoms with Crippen LogP contribution < -0.4 is 5.32 Å². The van der Waals surface area contributed by atoms with E-state index in [1.165, 1.54) is 6.42 Å². The molecule has 2 N–H and O–H groups in total. The summed E-state index contributed by atoms with van der Waals surface area (Å²) < 4.78 is 6.19. The zero-order valence-electron chi connectivity index (χ0n) is 14.7. The van der Waals surface area contributed by atoms with Gasteiger partial charge in [0, 0.05) is 19.6 Å². The molecule has 1 spiro atoms. The molecule has 1 aromatic rings. The van der Waals surface area contributed by atoms with E-state index < -0.39 is 0 Å². The van der Waals surface area contributed by atoms with Crippen LogP contribution in [0.1, 0.15) is 51.7 Å². The predicted octanol–water partition coefficient (Wildman–Crippen LogP) is 3.41. The highest BCUT2D eigenvalue weighted by molar-refractivity contribution is 5.73. The smallest absolute Gasteiger partial charge is 0.217 e. The Bertz CT molecular complexity index is 653. The van der Waals surface area contributed by atoms with E-state index in [1.54, 1.807) is 19.1 Å². The maximum Gasteiger partial charge on any atom is 0.217 e. The highest BCUT2D eigenvalue weighted by atomic mass is 16.5. The average molecular weight is 329 g/mol. The lowest BCUT2D eigenvalue weighted by Gasteiger charge is -2.53. The second-order valence-corrected chi connectivity index (χ2v) is 8.56. The van der Waals surface area contributed by atoms with Gasteiger partial charge in [0.1, 0.15) is 5.75 Å². The summed E-state index contributed by atoms with van der Waals surface area (Å²) in [6, 6.07) is 7.65. The minimum atomic E-state index is 0.0664. The van der Waals surface area contributed by atoms with Crippen molar-refractivity contribution in [3.05, 3.63) is 29.8 Å². The number of hydrogen-bond acceptors (Lipinski definition) is 3. The monoisotopic (exact) mass is 329 g/mol. The summed E-state index contributed by atoms with van der Waals surface area (Å²) >= 11 is 0. The normalized spacial score (nSPS) is 39.5. The molecule has 4 heteroatoms. The number of fused-ring (bicyclic) bond motifs is 1. The fourth-order valence-electron chi connectivity index (χ4n) is 5.98. The molecule has 4 rings (SSSR count). The number of carbonyl (C=O) groups is 1. The first-order valence-electron chi connectivity index (χ1n) is 9.02. The summed E-state index contributed by atoms with van der Waals surface area (Å²) in [6.07, 6.45) is 3.44. The molecule has 2 saturated carbocycles. The molecule has 2 aliphatic carbocycles. The fraction of sp³-hybridized carbons (Fsp3) is 0.650. The molecular weight excluding hydrogens is 302 g/mol. The third-order valence-corrected chi connectivity index (χ3v) is 7.07. The van der Waals surface area contributed by atoms with Crippen molar-refractivity contribution in [2.45, 2.75) is 52.2 Å². The first-order valence-corrected chi connectivity index (χ1v) is 9.02. The van der Waals surface area contributed by atoms with Crippen LogP contribution in [-0.4, -0.2) is 23.7 Å². The zero-order chi connectivity index (χ0) is 17.1. The van der Waals surface area contributed by atoms with Crippen LogP contribution in [0.2, 0.25) is 0 Å². The Hall–Kier alpha value is -1.55. The van der Waals surface area contributed by atoms with Gasteiger partial charge in [0.05, 0.1) is 6.10 Å². The van der Waals surface area contributed by atoms with E-state index in [4.69, 9.17) is 4.74 Å². The van der Waals surface area contributed by atoms with Gasteiger partial charge in [-0.25, -0.2) is 0 Å². The second-order valence-electron chi connectivity index (χ2n) is 8.56. The van der Waals surface area contributed by atoms with Crippen molar-refractivity contribution in [3.8, 4) is 5.75 Å². The summed E-state index contributed by atoms with van der Waals surface area (Å²) in [7, 11) is 0. The fourth-order valence-corrected chi connectivity index (χ4v) is 5.98. The van der Waals surface area contributed by atoms with Crippen LogP contribution in [0, 0.1) is 22.7 Å². The summed E-state index contributed by atoms with van der Waals surface area (Å²) in [5.74, 6) is 1.42. The van der Waals surface area contributed by atoms with E-state index in [0.29, 0.717) is 11.8 Å².